The number of halogens is 1. The number of rotatable bonds is 5. The highest BCUT2D eigenvalue weighted by Gasteiger charge is 2.16. The van der Waals surface area contributed by atoms with E-state index in [0.29, 0.717) is 13.1 Å². The molecule has 2 rings (SSSR count). The van der Waals surface area contributed by atoms with E-state index < -0.39 is 5.60 Å². The minimum Gasteiger partial charge on any atom is -0.386 e. The first-order valence-electron chi connectivity index (χ1n) is 6.29. The van der Waals surface area contributed by atoms with Crippen LogP contribution >= 0.6 is 22.9 Å². The summed E-state index contributed by atoms with van der Waals surface area (Å²) in [5.41, 5.74) is 0.906. The number of pyridine rings is 1. The Hall–Kier alpha value is -1.12. The lowest BCUT2D eigenvalue weighted by atomic mass is 10.0. The van der Waals surface area contributed by atoms with Gasteiger partial charge in [0.15, 0.2) is 0 Å². The molecular weight excluding hydrogens is 367 g/mol. The third kappa shape index (κ3) is 4.46. The monoisotopic (exact) mass is 384 g/mol. The molecule has 0 unspecified atom stereocenters. The van der Waals surface area contributed by atoms with Crippen molar-refractivity contribution in [1.29, 1.82) is 0 Å². The van der Waals surface area contributed by atoms with Gasteiger partial charge in [0.05, 0.1) is 24.4 Å². The van der Waals surface area contributed by atoms with Crippen LogP contribution in [0.15, 0.2) is 36.8 Å². The largest absolute Gasteiger partial charge is 0.386 e. The van der Waals surface area contributed by atoms with Gasteiger partial charge >= 0.3 is 0 Å². The molecule has 0 fully saturated rings. The second kappa shape index (κ2) is 6.55. The number of hydrogen-bond acceptors (Lipinski definition) is 5. The Bertz CT molecular complexity index is 539. The van der Waals surface area contributed by atoms with Gasteiger partial charge in [-0.25, -0.2) is 13.1 Å². The molecule has 0 aromatic carbocycles. The summed E-state index contributed by atoms with van der Waals surface area (Å²) in [7, 11) is 0. The Morgan fingerprint density at radius 3 is 2.40 bits per heavy atom. The molecule has 0 spiro atoms. The average molecular weight is 384 g/mol. The van der Waals surface area contributed by atoms with Gasteiger partial charge in [0.1, 0.15) is 5.82 Å². The van der Waals surface area contributed by atoms with Crippen molar-refractivity contribution in [3.8, 4) is 0 Å². The van der Waals surface area contributed by atoms with Crippen LogP contribution in [0.5, 0.6) is 0 Å². The fourth-order valence-corrected chi connectivity index (χ4v) is 2.33. The molecule has 0 saturated heterocycles. The molecule has 0 bridgehead atoms. The third-order valence-corrected chi connectivity index (χ3v) is 3.48. The fourth-order valence-electron chi connectivity index (χ4n) is 1.68. The maximum atomic E-state index is 9.89. The molecule has 5 nitrogen and oxygen atoms in total. The van der Waals surface area contributed by atoms with E-state index >= 15 is 0 Å². The summed E-state index contributed by atoms with van der Waals surface area (Å²) in [6, 6.07) is 5.65. The highest BCUT2D eigenvalue weighted by Crippen LogP contribution is 2.19. The van der Waals surface area contributed by atoms with Crippen LogP contribution in [0, 0.1) is 0 Å². The molecule has 0 aliphatic carbocycles. The van der Waals surface area contributed by atoms with E-state index in [9.17, 15) is 5.11 Å². The highest BCUT2D eigenvalue weighted by molar-refractivity contribution is 14.1. The molecule has 0 atom stereocenters. The number of hydrogen-bond donors (Lipinski definition) is 1. The van der Waals surface area contributed by atoms with Crippen molar-refractivity contribution in [3.05, 3.63) is 53.9 Å². The van der Waals surface area contributed by atoms with Gasteiger partial charge < -0.3 is 5.11 Å². The van der Waals surface area contributed by atoms with Gasteiger partial charge in [-0.2, -0.15) is 0 Å². The Balaban J connectivity index is 1.96. The van der Waals surface area contributed by atoms with Crippen molar-refractivity contribution in [2.75, 3.05) is 0 Å². The van der Waals surface area contributed by atoms with Crippen LogP contribution < -0.4 is 0 Å². The first kappa shape index (κ1) is 15.3. The van der Waals surface area contributed by atoms with E-state index in [4.69, 9.17) is 0 Å². The van der Waals surface area contributed by atoms with Crippen LogP contribution in [0.2, 0.25) is 0 Å². The molecule has 1 N–H and O–H groups in total. The number of nitrogens with zero attached hydrogens (tertiary/aromatic N) is 4. The average Bonchev–Trinajstić information content (AvgIpc) is 2.39. The lowest BCUT2D eigenvalue weighted by Gasteiger charge is -2.18. The molecule has 2 aromatic rings. The Morgan fingerprint density at radius 2 is 1.85 bits per heavy atom. The summed E-state index contributed by atoms with van der Waals surface area (Å²) in [5.74, 6) is 0.787. The molecule has 0 aliphatic heterocycles. The molecule has 0 amide bonds. The van der Waals surface area contributed by atoms with Gasteiger partial charge in [-0.15, -0.1) is 0 Å². The quantitative estimate of drug-likeness (QED) is 0.634. The highest BCUT2D eigenvalue weighted by atomic mass is 127. The molecule has 20 heavy (non-hydrogen) atoms. The second-order valence-electron chi connectivity index (χ2n) is 5.04. The van der Waals surface area contributed by atoms with Gasteiger partial charge in [0.2, 0.25) is 0 Å². The van der Waals surface area contributed by atoms with Gasteiger partial charge in [0, 0.05) is 47.0 Å². The number of aliphatic hydroxyl groups is 1. The van der Waals surface area contributed by atoms with Crippen molar-refractivity contribution >= 4 is 22.9 Å². The van der Waals surface area contributed by atoms with Gasteiger partial charge in [-0.1, -0.05) is 6.07 Å². The zero-order valence-corrected chi connectivity index (χ0v) is 13.6. The molecular formula is C14H17IN4O. The van der Waals surface area contributed by atoms with E-state index in [0.717, 1.165) is 17.1 Å². The SMILES string of the molecule is CC(C)(O)c1ccc(CN(I)Cc2ncccn2)nc1. The summed E-state index contributed by atoms with van der Waals surface area (Å²) < 4.78 is 2.07. The summed E-state index contributed by atoms with van der Waals surface area (Å²) >= 11 is 2.24. The van der Waals surface area contributed by atoms with Crippen LogP contribution in [0.1, 0.15) is 30.9 Å². The summed E-state index contributed by atoms with van der Waals surface area (Å²) in [4.78, 5) is 12.8. The molecule has 2 aromatic heterocycles. The second-order valence-corrected chi connectivity index (χ2v) is 6.41. The van der Waals surface area contributed by atoms with Crippen molar-refractivity contribution in [2.24, 2.45) is 0 Å². The fraction of sp³-hybridized carbons (Fsp3) is 0.357. The van der Waals surface area contributed by atoms with Crippen molar-refractivity contribution in [1.82, 2.24) is 18.1 Å². The minimum atomic E-state index is -0.854. The number of aromatic nitrogens is 3. The zero-order chi connectivity index (χ0) is 14.6. The van der Waals surface area contributed by atoms with Crippen molar-refractivity contribution in [3.63, 3.8) is 0 Å². The summed E-state index contributed by atoms with van der Waals surface area (Å²) in [5, 5.41) is 9.89. The van der Waals surface area contributed by atoms with Crippen LogP contribution in [-0.4, -0.2) is 23.2 Å². The maximum Gasteiger partial charge on any atom is 0.143 e. The Morgan fingerprint density at radius 1 is 1.15 bits per heavy atom. The van der Waals surface area contributed by atoms with Gasteiger partial charge in [0.25, 0.3) is 0 Å². The molecule has 0 saturated carbocycles. The van der Waals surface area contributed by atoms with Crippen LogP contribution in [0.3, 0.4) is 0 Å². The van der Waals surface area contributed by atoms with Crippen molar-refractivity contribution < 1.29 is 5.11 Å². The Labute approximate surface area is 132 Å². The van der Waals surface area contributed by atoms with E-state index in [1.54, 1.807) is 38.5 Å². The smallest absolute Gasteiger partial charge is 0.143 e. The minimum absolute atomic E-state index is 0.663. The molecule has 106 valence electrons. The molecule has 2 heterocycles. The first-order valence-corrected chi connectivity index (χ1v) is 7.26. The van der Waals surface area contributed by atoms with E-state index in [2.05, 4.69) is 40.9 Å². The van der Waals surface area contributed by atoms with E-state index in [1.807, 2.05) is 12.1 Å². The van der Waals surface area contributed by atoms with E-state index in [-0.39, 0.29) is 0 Å². The lowest BCUT2D eigenvalue weighted by Crippen LogP contribution is -2.17. The maximum absolute atomic E-state index is 9.89. The predicted molar refractivity (Wildman–Crippen MR) is 84.8 cm³/mol. The van der Waals surface area contributed by atoms with Crippen LogP contribution in [-0.2, 0) is 18.7 Å². The zero-order valence-electron chi connectivity index (χ0n) is 11.5. The van der Waals surface area contributed by atoms with Crippen molar-refractivity contribution in [2.45, 2.75) is 32.5 Å². The van der Waals surface area contributed by atoms with Gasteiger partial charge in [-0.05, 0) is 26.0 Å². The van der Waals surface area contributed by atoms with Crippen LogP contribution in [0.4, 0.5) is 0 Å². The topological polar surface area (TPSA) is 62.1 Å². The predicted octanol–water partition coefficient (Wildman–Crippen LogP) is 2.45. The standard InChI is InChI=1S/C14H17IN4O/c1-14(2,20)11-4-5-12(18-8-11)9-19(15)10-13-16-6-3-7-17-13/h3-8,20H,9-10H2,1-2H3. The molecule has 0 aliphatic rings. The summed E-state index contributed by atoms with van der Waals surface area (Å²) in [6.07, 6.45) is 5.20. The summed E-state index contributed by atoms with van der Waals surface area (Å²) in [6.45, 7) is 4.86. The third-order valence-electron chi connectivity index (χ3n) is 2.80. The van der Waals surface area contributed by atoms with Crippen LogP contribution in [0.25, 0.3) is 0 Å². The van der Waals surface area contributed by atoms with E-state index in [1.165, 1.54) is 0 Å². The Kier molecular flexibility index (Phi) is 5.00. The lowest BCUT2D eigenvalue weighted by molar-refractivity contribution is 0.0782. The molecule has 6 heteroatoms. The molecule has 0 radical (unpaired) electrons. The normalized spacial score (nSPS) is 11.8. The van der Waals surface area contributed by atoms with Gasteiger partial charge in [-0.3, -0.25) is 4.98 Å². The first-order chi connectivity index (χ1) is 9.45.